The molecule has 0 heterocycles. The van der Waals surface area contributed by atoms with E-state index < -0.39 is 11.6 Å². The molecule has 0 aliphatic carbocycles. The average Bonchev–Trinajstić information content (AvgIpc) is 2.26. The van der Waals surface area contributed by atoms with Gasteiger partial charge in [-0.05, 0) is 39.0 Å². The van der Waals surface area contributed by atoms with Crippen LogP contribution in [0.2, 0.25) is 0 Å². The Bertz CT molecular complexity index is 366. The van der Waals surface area contributed by atoms with Crippen LogP contribution in [0.1, 0.15) is 24.9 Å². The van der Waals surface area contributed by atoms with Crippen LogP contribution in [0.4, 0.5) is 8.78 Å². The molecule has 0 aliphatic rings. The fraction of sp³-hybridized carbons (Fsp3) is 0.538. The monoisotopic (exact) mass is 242 g/mol. The molecule has 1 aromatic rings. The summed E-state index contributed by atoms with van der Waals surface area (Å²) >= 11 is 0. The Labute approximate surface area is 101 Å². The third kappa shape index (κ3) is 3.75. The van der Waals surface area contributed by atoms with Gasteiger partial charge in [0, 0.05) is 17.7 Å². The summed E-state index contributed by atoms with van der Waals surface area (Å²) < 4.78 is 26.6. The summed E-state index contributed by atoms with van der Waals surface area (Å²) in [6.45, 7) is 2.59. The molecule has 2 atom stereocenters. The third-order valence-corrected chi connectivity index (χ3v) is 2.97. The maximum atomic E-state index is 13.7. The standard InChI is InChI=1S/C13H20F2N2/c1-9(8-16)6-13(17(2)3)11-5-4-10(14)7-12(11)15/h4-5,7,9,13H,6,8,16H2,1-3H3. The first-order valence-corrected chi connectivity index (χ1v) is 5.77. The van der Waals surface area contributed by atoms with E-state index in [4.69, 9.17) is 5.73 Å². The van der Waals surface area contributed by atoms with E-state index in [9.17, 15) is 8.78 Å². The normalized spacial score (nSPS) is 15.0. The molecule has 2 unspecified atom stereocenters. The van der Waals surface area contributed by atoms with Crippen molar-refractivity contribution in [2.45, 2.75) is 19.4 Å². The van der Waals surface area contributed by atoms with E-state index in [0.29, 0.717) is 18.0 Å². The van der Waals surface area contributed by atoms with E-state index in [0.717, 1.165) is 12.5 Å². The predicted octanol–water partition coefficient (Wildman–Crippen LogP) is 2.55. The fourth-order valence-electron chi connectivity index (χ4n) is 1.87. The van der Waals surface area contributed by atoms with Crippen molar-refractivity contribution in [1.82, 2.24) is 4.90 Å². The SMILES string of the molecule is CC(CN)CC(c1ccc(F)cc1F)N(C)C. The minimum atomic E-state index is -0.546. The largest absolute Gasteiger partial charge is 0.330 e. The van der Waals surface area contributed by atoms with Crippen LogP contribution in [-0.4, -0.2) is 25.5 Å². The molecule has 2 nitrogen and oxygen atoms in total. The Kier molecular flexibility index (Phi) is 5.02. The second-order valence-electron chi connectivity index (χ2n) is 4.72. The van der Waals surface area contributed by atoms with Crippen molar-refractivity contribution in [3.8, 4) is 0 Å². The van der Waals surface area contributed by atoms with Gasteiger partial charge in [0.2, 0.25) is 0 Å². The highest BCUT2D eigenvalue weighted by atomic mass is 19.1. The molecule has 0 aromatic heterocycles. The van der Waals surface area contributed by atoms with Crippen LogP contribution in [0, 0.1) is 17.6 Å². The number of nitrogens with two attached hydrogens (primary N) is 1. The minimum absolute atomic E-state index is 0.0749. The average molecular weight is 242 g/mol. The quantitative estimate of drug-likeness (QED) is 0.859. The lowest BCUT2D eigenvalue weighted by atomic mass is 9.94. The van der Waals surface area contributed by atoms with E-state index in [1.54, 1.807) is 0 Å². The van der Waals surface area contributed by atoms with Gasteiger partial charge in [0.05, 0.1) is 0 Å². The summed E-state index contributed by atoms with van der Waals surface area (Å²) in [6, 6.07) is 3.66. The molecule has 0 amide bonds. The molecule has 0 saturated carbocycles. The molecular weight excluding hydrogens is 222 g/mol. The summed E-state index contributed by atoms with van der Waals surface area (Å²) in [6.07, 6.45) is 0.756. The molecule has 17 heavy (non-hydrogen) atoms. The lowest BCUT2D eigenvalue weighted by molar-refractivity contribution is 0.249. The first kappa shape index (κ1) is 14.1. The molecular formula is C13H20F2N2. The van der Waals surface area contributed by atoms with Gasteiger partial charge in [-0.15, -0.1) is 0 Å². The Morgan fingerprint density at radius 3 is 2.41 bits per heavy atom. The Morgan fingerprint density at radius 2 is 1.94 bits per heavy atom. The van der Waals surface area contributed by atoms with Gasteiger partial charge >= 0.3 is 0 Å². The van der Waals surface area contributed by atoms with Gasteiger partial charge in [-0.25, -0.2) is 8.78 Å². The first-order chi connectivity index (χ1) is 7.95. The van der Waals surface area contributed by atoms with Crippen molar-refractivity contribution in [2.24, 2.45) is 11.7 Å². The van der Waals surface area contributed by atoms with Gasteiger partial charge in [0.1, 0.15) is 11.6 Å². The molecule has 96 valence electrons. The lowest BCUT2D eigenvalue weighted by Crippen LogP contribution is -2.25. The zero-order valence-electron chi connectivity index (χ0n) is 10.6. The van der Waals surface area contributed by atoms with Crippen molar-refractivity contribution in [3.05, 3.63) is 35.4 Å². The van der Waals surface area contributed by atoms with Crippen LogP contribution in [0.15, 0.2) is 18.2 Å². The number of benzene rings is 1. The summed E-state index contributed by atoms with van der Waals surface area (Å²) in [5.41, 5.74) is 6.11. The van der Waals surface area contributed by atoms with Crippen molar-refractivity contribution < 1.29 is 8.78 Å². The molecule has 1 aromatic carbocycles. The number of halogens is 2. The molecule has 4 heteroatoms. The summed E-state index contributed by atoms with van der Waals surface area (Å²) in [7, 11) is 3.77. The minimum Gasteiger partial charge on any atom is -0.330 e. The Morgan fingerprint density at radius 1 is 1.29 bits per heavy atom. The number of hydrogen-bond donors (Lipinski definition) is 1. The Hall–Kier alpha value is -1.00. The number of hydrogen-bond acceptors (Lipinski definition) is 2. The summed E-state index contributed by atoms with van der Waals surface area (Å²) in [5.74, 6) is -0.740. The van der Waals surface area contributed by atoms with Crippen molar-refractivity contribution >= 4 is 0 Å². The first-order valence-electron chi connectivity index (χ1n) is 5.77. The fourth-order valence-corrected chi connectivity index (χ4v) is 1.87. The summed E-state index contributed by atoms with van der Waals surface area (Å²) in [5, 5.41) is 0. The van der Waals surface area contributed by atoms with Crippen molar-refractivity contribution in [1.29, 1.82) is 0 Å². The van der Waals surface area contributed by atoms with E-state index in [1.807, 2.05) is 25.9 Å². The van der Waals surface area contributed by atoms with Crippen LogP contribution < -0.4 is 5.73 Å². The van der Waals surface area contributed by atoms with E-state index >= 15 is 0 Å². The van der Waals surface area contributed by atoms with E-state index in [1.165, 1.54) is 12.1 Å². The highest BCUT2D eigenvalue weighted by Crippen LogP contribution is 2.27. The van der Waals surface area contributed by atoms with E-state index in [2.05, 4.69) is 0 Å². The second kappa shape index (κ2) is 6.07. The highest BCUT2D eigenvalue weighted by molar-refractivity contribution is 5.22. The number of rotatable bonds is 5. The van der Waals surface area contributed by atoms with E-state index in [-0.39, 0.29) is 6.04 Å². The molecule has 0 radical (unpaired) electrons. The predicted molar refractivity (Wildman–Crippen MR) is 65.6 cm³/mol. The van der Waals surface area contributed by atoms with Crippen LogP contribution in [0.25, 0.3) is 0 Å². The molecule has 2 N–H and O–H groups in total. The molecule has 0 aliphatic heterocycles. The molecule has 0 fully saturated rings. The molecule has 0 spiro atoms. The third-order valence-electron chi connectivity index (χ3n) is 2.97. The lowest BCUT2D eigenvalue weighted by Gasteiger charge is -2.27. The van der Waals surface area contributed by atoms with Crippen LogP contribution in [0.5, 0.6) is 0 Å². The van der Waals surface area contributed by atoms with Crippen LogP contribution >= 0.6 is 0 Å². The van der Waals surface area contributed by atoms with Gasteiger partial charge in [-0.1, -0.05) is 13.0 Å². The Balaban J connectivity index is 2.97. The molecule has 0 bridgehead atoms. The van der Waals surface area contributed by atoms with Gasteiger partial charge in [-0.2, -0.15) is 0 Å². The zero-order valence-corrected chi connectivity index (χ0v) is 10.6. The van der Waals surface area contributed by atoms with Crippen LogP contribution in [-0.2, 0) is 0 Å². The van der Waals surface area contributed by atoms with Crippen LogP contribution in [0.3, 0.4) is 0 Å². The maximum absolute atomic E-state index is 13.7. The topological polar surface area (TPSA) is 29.3 Å². The van der Waals surface area contributed by atoms with Gasteiger partial charge in [0.25, 0.3) is 0 Å². The summed E-state index contributed by atoms with van der Waals surface area (Å²) in [4.78, 5) is 1.93. The maximum Gasteiger partial charge on any atom is 0.130 e. The van der Waals surface area contributed by atoms with Gasteiger partial charge in [-0.3, -0.25) is 0 Å². The van der Waals surface area contributed by atoms with Crippen molar-refractivity contribution in [2.75, 3.05) is 20.6 Å². The van der Waals surface area contributed by atoms with Gasteiger partial charge in [0.15, 0.2) is 0 Å². The van der Waals surface area contributed by atoms with Gasteiger partial charge < -0.3 is 10.6 Å². The molecule has 1 rings (SSSR count). The second-order valence-corrected chi connectivity index (χ2v) is 4.72. The van der Waals surface area contributed by atoms with Crippen molar-refractivity contribution in [3.63, 3.8) is 0 Å². The smallest absolute Gasteiger partial charge is 0.130 e. The number of nitrogens with zero attached hydrogens (tertiary/aromatic N) is 1. The molecule has 0 saturated heterocycles. The highest BCUT2D eigenvalue weighted by Gasteiger charge is 2.20. The zero-order chi connectivity index (χ0) is 13.0.